The van der Waals surface area contributed by atoms with Crippen molar-refractivity contribution in [2.75, 3.05) is 0 Å². The number of nitrogens with one attached hydrogen (secondary N) is 4. The van der Waals surface area contributed by atoms with Gasteiger partial charge in [0.1, 0.15) is 0 Å². The molecule has 0 atom stereocenters. The van der Waals surface area contributed by atoms with Crippen LogP contribution in [0.3, 0.4) is 0 Å². The lowest BCUT2D eigenvalue weighted by atomic mass is 9.18. The predicted molar refractivity (Wildman–Crippen MR) is 78.6 cm³/mol. The maximum atomic E-state index is 4.11. The molecule has 21 heavy (non-hydrogen) atoms. The maximum Gasteiger partial charge on any atom is 0.184 e. The Bertz CT molecular complexity index is 643. The first-order chi connectivity index (χ1) is 10.4. The van der Waals surface area contributed by atoms with Crippen molar-refractivity contribution in [3.8, 4) is 0 Å². The van der Waals surface area contributed by atoms with Crippen molar-refractivity contribution in [1.29, 1.82) is 0 Å². The molecular formula is C12H12BN8-. The monoisotopic (exact) mass is 279 g/mol. The Morgan fingerprint density at radius 2 is 0.810 bits per heavy atom. The van der Waals surface area contributed by atoms with Crippen LogP contribution in [0, 0.1) is 0 Å². The van der Waals surface area contributed by atoms with Gasteiger partial charge in [0.05, 0.1) is 0 Å². The van der Waals surface area contributed by atoms with Crippen molar-refractivity contribution in [3.63, 3.8) is 0 Å². The summed E-state index contributed by atoms with van der Waals surface area (Å²) in [6.45, 7) is 0. The number of aromatic amines is 4. The highest BCUT2D eigenvalue weighted by Crippen LogP contribution is 2.02. The second kappa shape index (κ2) is 4.48. The zero-order valence-electron chi connectivity index (χ0n) is 11.0. The fourth-order valence-electron chi connectivity index (χ4n) is 3.04. The van der Waals surface area contributed by atoms with Gasteiger partial charge in [-0.1, -0.05) is 24.3 Å². The summed E-state index contributed by atoms with van der Waals surface area (Å²) in [5.74, 6) is 0. The highest BCUT2D eigenvalue weighted by atomic mass is 15.1. The van der Waals surface area contributed by atoms with Gasteiger partial charge in [0.15, 0.2) is 6.15 Å². The van der Waals surface area contributed by atoms with Crippen LogP contribution in [0.5, 0.6) is 0 Å². The molecule has 0 aromatic carbocycles. The van der Waals surface area contributed by atoms with Crippen LogP contribution in [0.4, 0.5) is 0 Å². The van der Waals surface area contributed by atoms with E-state index in [-0.39, 0.29) is 0 Å². The molecule has 0 radical (unpaired) electrons. The van der Waals surface area contributed by atoms with Crippen molar-refractivity contribution in [2.45, 2.75) is 0 Å². The van der Waals surface area contributed by atoms with Crippen LogP contribution < -0.4 is 22.4 Å². The topological polar surface area (TPSA) is 115 Å². The predicted octanol–water partition coefficient (Wildman–Crippen LogP) is -2.04. The van der Waals surface area contributed by atoms with E-state index in [1.165, 1.54) is 0 Å². The molecule has 4 aromatic rings. The lowest BCUT2D eigenvalue weighted by molar-refractivity contribution is 1.08. The number of aromatic nitrogens is 8. The standard InChI is InChI=1S/C12H12BN8/c1-5-14-18-9(1)13(10-2-6-15-19-10,11-3-7-16-20-11)12-4-8-17-21-12/h1-8H,(H,14,18)(H,15,19)(H,16,20)(H,17,21)/q-1. The van der Waals surface area contributed by atoms with Gasteiger partial charge in [-0.2, -0.15) is 20.4 Å². The summed E-state index contributed by atoms with van der Waals surface area (Å²) >= 11 is 0. The summed E-state index contributed by atoms with van der Waals surface area (Å²) in [6, 6.07) is 7.79. The van der Waals surface area contributed by atoms with Gasteiger partial charge >= 0.3 is 0 Å². The Balaban J connectivity index is 2.10. The highest BCUT2D eigenvalue weighted by molar-refractivity contribution is 7.18. The van der Waals surface area contributed by atoms with Gasteiger partial charge in [-0.05, 0) is 0 Å². The number of H-pyrrole nitrogens is 4. The van der Waals surface area contributed by atoms with Crippen molar-refractivity contribution < 1.29 is 0 Å². The van der Waals surface area contributed by atoms with Crippen LogP contribution >= 0.6 is 0 Å². The fourth-order valence-corrected chi connectivity index (χ4v) is 3.04. The van der Waals surface area contributed by atoms with Crippen LogP contribution in [0.2, 0.25) is 0 Å². The van der Waals surface area contributed by atoms with E-state index in [1.54, 1.807) is 24.8 Å². The van der Waals surface area contributed by atoms with Crippen molar-refractivity contribution in [1.82, 2.24) is 40.8 Å². The van der Waals surface area contributed by atoms with Crippen LogP contribution in [-0.4, -0.2) is 46.9 Å². The molecule has 4 N–H and O–H groups in total. The van der Waals surface area contributed by atoms with Gasteiger partial charge in [0, 0.05) is 24.8 Å². The minimum Gasteiger partial charge on any atom is -0.320 e. The molecule has 0 aliphatic rings. The molecule has 0 aliphatic heterocycles. The molecule has 0 aliphatic carbocycles. The smallest absolute Gasteiger partial charge is 0.184 e. The molecule has 4 heterocycles. The largest absolute Gasteiger partial charge is 0.320 e. The number of rotatable bonds is 4. The summed E-state index contributed by atoms with van der Waals surface area (Å²) < 4.78 is 0. The average molecular weight is 279 g/mol. The van der Waals surface area contributed by atoms with Crippen molar-refractivity contribution in [3.05, 3.63) is 49.1 Å². The minimum atomic E-state index is -1.53. The minimum absolute atomic E-state index is 0.938. The molecule has 8 nitrogen and oxygen atoms in total. The molecule has 104 valence electrons. The van der Waals surface area contributed by atoms with E-state index in [4.69, 9.17) is 0 Å². The van der Waals surface area contributed by atoms with E-state index >= 15 is 0 Å². The number of hydrogen-bond donors (Lipinski definition) is 4. The first kappa shape index (κ1) is 11.7. The van der Waals surface area contributed by atoms with E-state index in [0.717, 1.165) is 22.4 Å². The molecule has 4 rings (SSSR count). The molecule has 0 fully saturated rings. The molecule has 0 unspecified atom stereocenters. The summed E-state index contributed by atoms with van der Waals surface area (Å²) in [5.41, 5.74) is 3.75. The molecule has 0 saturated carbocycles. The average Bonchev–Trinajstić information content (AvgIpc) is 3.32. The Labute approximate surface area is 119 Å². The number of nitrogens with zero attached hydrogens (tertiary/aromatic N) is 4. The van der Waals surface area contributed by atoms with Crippen molar-refractivity contribution in [2.24, 2.45) is 0 Å². The summed E-state index contributed by atoms with van der Waals surface area (Å²) in [5, 5.41) is 28.7. The number of hydrogen-bond acceptors (Lipinski definition) is 4. The molecule has 4 aromatic heterocycles. The van der Waals surface area contributed by atoms with E-state index in [0.29, 0.717) is 0 Å². The molecule has 9 heteroatoms. The normalized spacial score (nSPS) is 11.8. The van der Waals surface area contributed by atoms with Crippen LogP contribution in [0.25, 0.3) is 0 Å². The Morgan fingerprint density at radius 1 is 0.524 bits per heavy atom. The SMILES string of the molecule is c1cc([B-](c2ccn[nH]2)(c2ccn[nH]2)c2ccn[nH]2)[nH]n1. The molecule has 0 amide bonds. The zero-order valence-corrected chi connectivity index (χ0v) is 11.0. The van der Waals surface area contributed by atoms with Crippen LogP contribution in [-0.2, 0) is 0 Å². The molecule has 0 bridgehead atoms. The second-order valence-corrected chi connectivity index (χ2v) is 4.91. The first-order valence-corrected chi connectivity index (χ1v) is 6.57. The van der Waals surface area contributed by atoms with Gasteiger partial charge in [-0.15, -0.1) is 22.4 Å². The van der Waals surface area contributed by atoms with Gasteiger partial charge < -0.3 is 20.4 Å². The van der Waals surface area contributed by atoms with Gasteiger partial charge in [0.2, 0.25) is 0 Å². The fraction of sp³-hybridized carbons (Fsp3) is 0. The van der Waals surface area contributed by atoms with Crippen molar-refractivity contribution >= 4 is 28.5 Å². The van der Waals surface area contributed by atoms with Gasteiger partial charge in [-0.3, -0.25) is 0 Å². The van der Waals surface area contributed by atoms with Gasteiger partial charge in [0.25, 0.3) is 0 Å². The molecule has 0 saturated heterocycles. The highest BCUT2D eigenvalue weighted by Gasteiger charge is 2.37. The third-order valence-corrected chi connectivity index (χ3v) is 3.96. The third-order valence-electron chi connectivity index (χ3n) is 3.96. The van der Waals surface area contributed by atoms with Crippen LogP contribution in [0.15, 0.2) is 49.1 Å². The van der Waals surface area contributed by atoms with Crippen LogP contribution in [0.1, 0.15) is 0 Å². The van der Waals surface area contributed by atoms with E-state index < -0.39 is 6.15 Å². The Kier molecular flexibility index (Phi) is 2.50. The van der Waals surface area contributed by atoms with Gasteiger partial charge in [-0.25, -0.2) is 0 Å². The summed E-state index contributed by atoms with van der Waals surface area (Å²) in [4.78, 5) is 0. The lowest BCUT2D eigenvalue weighted by Gasteiger charge is -2.36. The quantitative estimate of drug-likeness (QED) is 0.322. The first-order valence-electron chi connectivity index (χ1n) is 6.57. The second-order valence-electron chi connectivity index (χ2n) is 4.91. The lowest BCUT2D eigenvalue weighted by Crippen LogP contribution is -2.76. The van der Waals surface area contributed by atoms with E-state index in [2.05, 4.69) is 40.8 Å². The zero-order chi connectivity index (χ0) is 14.1. The summed E-state index contributed by atoms with van der Waals surface area (Å²) in [7, 11) is 0. The molecule has 0 spiro atoms. The summed E-state index contributed by atoms with van der Waals surface area (Å²) in [6.07, 6.45) is 5.40. The third kappa shape index (κ3) is 1.57. The van der Waals surface area contributed by atoms with E-state index in [9.17, 15) is 0 Å². The molecular weight excluding hydrogens is 267 g/mol. The Hall–Kier alpha value is -3.10. The maximum absolute atomic E-state index is 4.11. The Morgan fingerprint density at radius 3 is 1.00 bits per heavy atom. The van der Waals surface area contributed by atoms with E-state index in [1.807, 2.05) is 24.3 Å².